The molecular weight excluding hydrogens is 1180 g/mol. The van der Waals surface area contributed by atoms with Crippen LogP contribution < -0.4 is 5.46 Å². The number of benzene rings is 17. The Labute approximate surface area is 543 Å². The van der Waals surface area contributed by atoms with E-state index in [0.717, 1.165) is 37.5 Å². The van der Waals surface area contributed by atoms with Gasteiger partial charge in [0.2, 0.25) is 0 Å². The highest BCUT2D eigenvalue weighted by atomic mass is 79.9. The van der Waals surface area contributed by atoms with E-state index in [1.54, 1.807) is 12.2 Å². The summed E-state index contributed by atoms with van der Waals surface area (Å²) in [5.74, 6) is 0. The van der Waals surface area contributed by atoms with E-state index >= 15 is 0 Å². The van der Waals surface area contributed by atoms with Crippen molar-refractivity contribution < 1.29 is 10.0 Å². The minimum Gasteiger partial charge on any atom is -0.423 e. The van der Waals surface area contributed by atoms with Gasteiger partial charge in [0, 0.05) is 4.47 Å². The number of halogens is 1. The van der Waals surface area contributed by atoms with Gasteiger partial charge >= 0.3 is 7.12 Å². The molecule has 0 saturated heterocycles. The number of fused-ring (bicyclic) bond motifs is 11. The molecule has 0 aliphatic heterocycles. The molecule has 17 aromatic carbocycles. The first kappa shape index (κ1) is 57.5. The summed E-state index contributed by atoms with van der Waals surface area (Å²) in [5.41, 5.74) is 13.9. The van der Waals surface area contributed by atoms with Crippen molar-refractivity contribution in [2.45, 2.75) is 0 Å². The lowest BCUT2D eigenvalue weighted by Gasteiger charge is -2.20. The van der Waals surface area contributed by atoms with Crippen molar-refractivity contribution in [3.63, 3.8) is 0 Å². The van der Waals surface area contributed by atoms with E-state index in [0.29, 0.717) is 11.0 Å². The first-order chi connectivity index (χ1) is 45.3. The number of hydrogen-bond donors (Lipinski definition) is 2. The third-order valence-corrected chi connectivity index (χ3v) is 18.9. The molecular formula is C88H60BBrO2. The van der Waals surface area contributed by atoms with Gasteiger partial charge in [-0.2, -0.15) is 0 Å². The standard InChI is InChI=1S/C44H28.C30H23BO2.C14H9Br/c1-3-17-33-29(12-1)14-10-23-35(33)31-15-9-16-32(28-31)43-39-19-5-7-21-41(39)44(42-22-8-6-20-40(42)43)38-25-11-24-36-34-18-4-2-13-30(34)26-27-37(36)38;1-3-23-24(4-2)30(31(32)33)28-17-8-7-16-27(28)29(23)22-14-9-13-21(19-22)26-18-10-12-20-11-5-6-15-25(20)26;15-14-7-3-6-12-11-5-2-1-4-10(11)8-9-13(12)14/h1-28H;3-19,32-33H,1-2H2;1-9H. The first-order valence-electron chi connectivity index (χ1n) is 31.1. The molecule has 0 unspecified atom stereocenters. The Balaban J connectivity index is 0.000000128. The molecule has 0 atom stereocenters. The minimum atomic E-state index is -1.61. The third-order valence-electron chi connectivity index (χ3n) is 18.2. The van der Waals surface area contributed by atoms with Gasteiger partial charge in [0.25, 0.3) is 0 Å². The van der Waals surface area contributed by atoms with Crippen LogP contribution in [0.5, 0.6) is 0 Å². The van der Waals surface area contributed by atoms with Crippen molar-refractivity contribution in [1.82, 2.24) is 0 Å². The van der Waals surface area contributed by atoms with Crippen LogP contribution in [-0.2, 0) is 0 Å². The highest BCUT2D eigenvalue weighted by Gasteiger charge is 2.25. The van der Waals surface area contributed by atoms with Gasteiger partial charge in [0.1, 0.15) is 0 Å². The molecule has 2 nitrogen and oxygen atoms in total. The van der Waals surface area contributed by atoms with Crippen molar-refractivity contribution in [2.24, 2.45) is 0 Å². The van der Waals surface area contributed by atoms with Crippen molar-refractivity contribution in [1.29, 1.82) is 0 Å². The lowest BCUT2D eigenvalue weighted by molar-refractivity contribution is 0.426. The number of hydrogen-bond acceptors (Lipinski definition) is 2. The maximum Gasteiger partial charge on any atom is 0.489 e. The summed E-state index contributed by atoms with van der Waals surface area (Å²) in [5, 5.41) is 42.5. The third kappa shape index (κ3) is 10.3. The molecule has 92 heavy (non-hydrogen) atoms. The Morgan fingerprint density at radius 2 is 0.587 bits per heavy atom. The van der Waals surface area contributed by atoms with Crippen LogP contribution in [0.1, 0.15) is 11.1 Å². The van der Waals surface area contributed by atoms with Crippen LogP contribution in [0.2, 0.25) is 0 Å². The van der Waals surface area contributed by atoms with Crippen LogP contribution in [0, 0.1) is 0 Å². The second-order valence-corrected chi connectivity index (χ2v) is 24.2. The van der Waals surface area contributed by atoms with E-state index < -0.39 is 7.12 Å². The van der Waals surface area contributed by atoms with Crippen LogP contribution in [0.3, 0.4) is 0 Å². The van der Waals surface area contributed by atoms with Crippen LogP contribution in [0.15, 0.2) is 333 Å². The second-order valence-electron chi connectivity index (χ2n) is 23.3. The molecule has 0 fully saturated rings. The van der Waals surface area contributed by atoms with Crippen LogP contribution in [0.25, 0.3) is 165 Å². The number of rotatable bonds is 8. The van der Waals surface area contributed by atoms with Crippen LogP contribution in [-0.4, -0.2) is 17.2 Å². The Kier molecular flexibility index (Phi) is 15.5. The summed E-state index contributed by atoms with van der Waals surface area (Å²) >= 11 is 3.58. The Morgan fingerprint density at radius 1 is 0.250 bits per heavy atom. The average molecular weight is 1240 g/mol. The van der Waals surface area contributed by atoms with Crippen molar-refractivity contribution >= 4 is 138 Å². The lowest BCUT2D eigenvalue weighted by atomic mass is 9.70. The molecule has 0 bridgehead atoms. The zero-order valence-electron chi connectivity index (χ0n) is 50.4. The Bertz CT molecular complexity index is 5700. The van der Waals surface area contributed by atoms with E-state index in [9.17, 15) is 10.0 Å². The summed E-state index contributed by atoms with van der Waals surface area (Å²) in [6.07, 6.45) is 3.45. The van der Waals surface area contributed by atoms with Crippen molar-refractivity contribution in [3.8, 4) is 55.6 Å². The SMILES string of the molecule is Brc1cccc2c1ccc1ccccc12.C=Cc1c(C=C)c(-c2cccc(-c3cccc4ccccc34)c2)c2ccccc2c1B(O)O.c1cc(-c2cccc3ccccc23)cc(-c2c3ccccc3c(-c3cccc4c3ccc3ccccc34)c3ccccc23)c1. The predicted octanol–water partition coefficient (Wildman–Crippen LogP) is 23.5. The Morgan fingerprint density at radius 3 is 1.09 bits per heavy atom. The average Bonchev–Trinajstić information content (AvgIpc) is 0.740. The van der Waals surface area contributed by atoms with Gasteiger partial charge in [-0.25, -0.2) is 0 Å². The van der Waals surface area contributed by atoms with Gasteiger partial charge < -0.3 is 10.0 Å². The minimum absolute atomic E-state index is 0.449. The van der Waals surface area contributed by atoms with E-state index in [1.807, 2.05) is 24.3 Å². The highest BCUT2D eigenvalue weighted by Crippen LogP contribution is 2.47. The van der Waals surface area contributed by atoms with E-state index in [-0.39, 0.29) is 0 Å². The van der Waals surface area contributed by atoms with Gasteiger partial charge in [-0.15, -0.1) is 0 Å². The van der Waals surface area contributed by atoms with Gasteiger partial charge in [0.05, 0.1) is 0 Å². The maximum absolute atomic E-state index is 10.2. The lowest BCUT2D eigenvalue weighted by Crippen LogP contribution is -2.33. The topological polar surface area (TPSA) is 40.5 Å². The summed E-state index contributed by atoms with van der Waals surface area (Å²) in [6, 6.07) is 112. The molecule has 4 heteroatoms. The molecule has 0 aliphatic rings. The molecule has 0 radical (unpaired) electrons. The summed E-state index contributed by atoms with van der Waals surface area (Å²) < 4.78 is 1.16. The predicted molar refractivity (Wildman–Crippen MR) is 402 cm³/mol. The zero-order chi connectivity index (χ0) is 62.2. The normalized spacial score (nSPS) is 11.3. The van der Waals surface area contributed by atoms with Gasteiger partial charge in [-0.05, 0) is 187 Å². The van der Waals surface area contributed by atoms with Crippen molar-refractivity contribution in [2.75, 3.05) is 0 Å². The largest absolute Gasteiger partial charge is 0.489 e. The van der Waals surface area contributed by atoms with Crippen molar-refractivity contribution in [3.05, 3.63) is 344 Å². The maximum atomic E-state index is 10.2. The summed E-state index contributed by atoms with van der Waals surface area (Å²) in [6.45, 7) is 8.00. The molecule has 17 aromatic rings. The molecule has 0 spiro atoms. The Hall–Kier alpha value is -11.0. The molecule has 0 saturated carbocycles. The van der Waals surface area contributed by atoms with Crippen LogP contribution in [0.4, 0.5) is 0 Å². The van der Waals surface area contributed by atoms with Gasteiger partial charge in [0.15, 0.2) is 0 Å². The van der Waals surface area contributed by atoms with E-state index in [1.165, 1.54) is 125 Å². The fraction of sp³-hybridized carbons (Fsp3) is 0. The fourth-order valence-electron chi connectivity index (χ4n) is 14.2. The fourth-order valence-corrected chi connectivity index (χ4v) is 14.7. The van der Waals surface area contributed by atoms with E-state index in [4.69, 9.17) is 0 Å². The molecule has 0 aromatic heterocycles. The molecule has 17 rings (SSSR count). The first-order valence-corrected chi connectivity index (χ1v) is 31.9. The highest BCUT2D eigenvalue weighted by molar-refractivity contribution is 9.10. The molecule has 434 valence electrons. The summed E-state index contributed by atoms with van der Waals surface area (Å²) in [7, 11) is -1.61. The van der Waals surface area contributed by atoms with E-state index in [2.05, 4.69) is 320 Å². The molecule has 0 aliphatic carbocycles. The smallest absolute Gasteiger partial charge is 0.423 e. The molecule has 0 heterocycles. The van der Waals surface area contributed by atoms with Gasteiger partial charge in [-0.3, -0.25) is 0 Å². The molecule has 0 amide bonds. The molecule has 2 N–H and O–H groups in total. The van der Waals surface area contributed by atoms with Gasteiger partial charge in [-0.1, -0.05) is 338 Å². The van der Waals surface area contributed by atoms with Crippen LogP contribution >= 0.6 is 15.9 Å². The quantitative estimate of drug-likeness (QED) is 0.0904. The second kappa shape index (κ2) is 24.8. The zero-order valence-corrected chi connectivity index (χ0v) is 52.0. The monoisotopic (exact) mass is 1240 g/mol. The summed E-state index contributed by atoms with van der Waals surface area (Å²) in [4.78, 5) is 0.